The molecule has 1 fully saturated rings. The second-order valence-electron chi connectivity index (χ2n) is 4.79. The highest BCUT2D eigenvalue weighted by Crippen LogP contribution is 2.26. The summed E-state index contributed by atoms with van der Waals surface area (Å²) in [5.74, 6) is 0.704. The molecule has 4 nitrogen and oxygen atoms in total. The molecule has 0 radical (unpaired) electrons. The first-order valence-corrected chi connectivity index (χ1v) is 6.40. The standard InChI is InChI=1S/C14H21NO3/c1-10-7-12(5-6-18-10)15-9-11-3-4-14(17-2)13(16)8-11/h3-4,8,10,12,15-16H,5-7,9H2,1-2H3. The van der Waals surface area contributed by atoms with Gasteiger partial charge in [-0.15, -0.1) is 0 Å². The van der Waals surface area contributed by atoms with Crippen LogP contribution in [-0.2, 0) is 11.3 Å². The SMILES string of the molecule is COc1ccc(CNC2CCOC(C)C2)cc1O. The molecule has 0 saturated carbocycles. The monoisotopic (exact) mass is 251 g/mol. The Morgan fingerprint density at radius 2 is 2.33 bits per heavy atom. The molecule has 1 saturated heterocycles. The van der Waals surface area contributed by atoms with Crippen molar-refractivity contribution in [1.82, 2.24) is 5.32 Å². The molecule has 0 amide bonds. The summed E-state index contributed by atoms with van der Waals surface area (Å²) in [6, 6.07) is 6.00. The van der Waals surface area contributed by atoms with Crippen LogP contribution >= 0.6 is 0 Å². The van der Waals surface area contributed by atoms with Crippen molar-refractivity contribution in [3.8, 4) is 11.5 Å². The highest BCUT2D eigenvalue weighted by atomic mass is 16.5. The van der Waals surface area contributed by atoms with Gasteiger partial charge in [-0.05, 0) is 37.5 Å². The van der Waals surface area contributed by atoms with E-state index in [-0.39, 0.29) is 5.75 Å². The first-order chi connectivity index (χ1) is 8.69. The van der Waals surface area contributed by atoms with Gasteiger partial charge in [-0.1, -0.05) is 6.07 Å². The van der Waals surface area contributed by atoms with Gasteiger partial charge in [0.15, 0.2) is 11.5 Å². The number of hydrogen-bond acceptors (Lipinski definition) is 4. The summed E-state index contributed by atoms with van der Waals surface area (Å²) in [6.07, 6.45) is 2.43. The van der Waals surface area contributed by atoms with E-state index in [1.165, 1.54) is 0 Å². The lowest BCUT2D eigenvalue weighted by atomic mass is 10.0. The minimum atomic E-state index is 0.192. The van der Waals surface area contributed by atoms with Crippen LogP contribution in [0.3, 0.4) is 0 Å². The fourth-order valence-electron chi connectivity index (χ4n) is 2.29. The quantitative estimate of drug-likeness (QED) is 0.860. The summed E-state index contributed by atoms with van der Waals surface area (Å²) < 4.78 is 10.5. The molecule has 1 aliphatic rings. The summed E-state index contributed by atoms with van der Waals surface area (Å²) in [4.78, 5) is 0. The van der Waals surface area contributed by atoms with Crippen LogP contribution in [-0.4, -0.2) is 31.0 Å². The third kappa shape index (κ3) is 3.37. The first-order valence-electron chi connectivity index (χ1n) is 6.40. The van der Waals surface area contributed by atoms with E-state index in [9.17, 15) is 5.11 Å². The average molecular weight is 251 g/mol. The van der Waals surface area contributed by atoms with Crippen LogP contribution in [0.25, 0.3) is 0 Å². The Hall–Kier alpha value is -1.26. The van der Waals surface area contributed by atoms with Gasteiger partial charge >= 0.3 is 0 Å². The normalized spacial score (nSPS) is 23.9. The summed E-state index contributed by atoms with van der Waals surface area (Å²) in [7, 11) is 1.55. The van der Waals surface area contributed by atoms with E-state index < -0.39 is 0 Å². The van der Waals surface area contributed by atoms with Crippen LogP contribution in [0.15, 0.2) is 18.2 Å². The van der Waals surface area contributed by atoms with E-state index in [0.717, 1.165) is 31.6 Å². The molecule has 1 aliphatic heterocycles. The number of nitrogens with one attached hydrogen (secondary N) is 1. The number of phenols is 1. The largest absolute Gasteiger partial charge is 0.504 e. The number of benzene rings is 1. The molecule has 1 heterocycles. The van der Waals surface area contributed by atoms with Crippen molar-refractivity contribution in [1.29, 1.82) is 0 Å². The summed E-state index contributed by atoms with van der Waals surface area (Å²) in [6.45, 7) is 3.69. The number of methoxy groups -OCH3 is 1. The highest BCUT2D eigenvalue weighted by molar-refractivity contribution is 5.41. The predicted octanol–water partition coefficient (Wildman–Crippen LogP) is 2.06. The van der Waals surface area contributed by atoms with Crippen molar-refractivity contribution >= 4 is 0 Å². The topological polar surface area (TPSA) is 50.7 Å². The molecule has 2 N–H and O–H groups in total. The number of ether oxygens (including phenoxy) is 2. The molecule has 0 aliphatic carbocycles. The zero-order valence-electron chi connectivity index (χ0n) is 11.0. The van der Waals surface area contributed by atoms with Crippen LogP contribution in [0.2, 0.25) is 0 Å². The molecule has 0 aromatic heterocycles. The van der Waals surface area contributed by atoms with Crippen molar-refractivity contribution in [2.24, 2.45) is 0 Å². The minimum absolute atomic E-state index is 0.192. The Kier molecular flexibility index (Phi) is 4.44. The second-order valence-corrected chi connectivity index (χ2v) is 4.79. The zero-order chi connectivity index (χ0) is 13.0. The molecule has 1 aromatic carbocycles. The van der Waals surface area contributed by atoms with Gasteiger partial charge in [0.2, 0.25) is 0 Å². The van der Waals surface area contributed by atoms with Gasteiger partial charge in [-0.25, -0.2) is 0 Å². The molecular weight excluding hydrogens is 230 g/mol. The maximum atomic E-state index is 9.70. The Morgan fingerprint density at radius 1 is 1.50 bits per heavy atom. The Morgan fingerprint density at radius 3 is 3.00 bits per heavy atom. The zero-order valence-corrected chi connectivity index (χ0v) is 11.0. The Balaban J connectivity index is 1.88. The van der Waals surface area contributed by atoms with Crippen LogP contribution in [0, 0.1) is 0 Å². The maximum absolute atomic E-state index is 9.70. The van der Waals surface area contributed by atoms with E-state index in [1.54, 1.807) is 19.2 Å². The fraction of sp³-hybridized carbons (Fsp3) is 0.571. The Labute approximate surface area is 108 Å². The van der Waals surface area contributed by atoms with Gasteiger partial charge < -0.3 is 19.9 Å². The van der Waals surface area contributed by atoms with Crippen LogP contribution in [0.1, 0.15) is 25.3 Å². The average Bonchev–Trinajstić information content (AvgIpc) is 2.37. The third-order valence-corrected chi connectivity index (χ3v) is 3.32. The van der Waals surface area contributed by atoms with Gasteiger partial charge in [0.05, 0.1) is 13.2 Å². The molecular formula is C14H21NO3. The molecule has 0 spiro atoms. The van der Waals surface area contributed by atoms with E-state index in [0.29, 0.717) is 17.9 Å². The lowest BCUT2D eigenvalue weighted by Crippen LogP contribution is -2.37. The van der Waals surface area contributed by atoms with Gasteiger partial charge in [0.1, 0.15) is 0 Å². The second kappa shape index (κ2) is 6.07. The van der Waals surface area contributed by atoms with E-state index >= 15 is 0 Å². The number of hydrogen-bond donors (Lipinski definition) is 2. The predicted molar refractivity (Wildman–Crippen MR) is 69.9 cm³/mol. The van der Waals surface area contributed by atoms with Gasteiger partial charge in [-0.2, -0.15) is 0 Å². The van der Waals surface area contributed by atoms with Crippen molar-refractivity contribution in [3.63, 3.8) is 0 Å². The molecule has 2 atom stereocenters. The molecule has 100 valence electrons. The molecule has 1 aromatic rings. The van der Waals surface area contributed by atoms with E-state index in [2.05, 4.69) is 12.2 Å². The highest BCUT2D eigenvalue weighted by Gasteiger charge is 2.18. The van der Waals surface area contributed by atoms with Gasteiger partial charge in [0, 0.05) is 19.2 Å². The Bertz CT molecular complexity index is 395. The number of phenolic OH excluding ortho intramolecular Hbond substituents is 1. The summed E-state index contributed by atoms with van der Waals surface area (Å²) >= 11 is 0. The van der Waals surface area contributed by atoms with Crippen molar-refractivity contribution < 1.29 is 14.6 Å². The van der Waals surface area contributed by atoms with Crippen LogP contribution in [0.5, 0.6) is 11.5 Å². The summed E-state index contributed by atoms with van der Waals surface area (Å²) in [5.41, 5.74) is 1.06. The lowest BCUT2D eigenvalue weighted by Gasteiger charge is -2.28. The molecule has 0 bridgehead atoms. The van der Waals surface area contributed by atoms with E-state index in [4.69, 9.17) is 9.47 Å². The lowest BCUT2D eigenvalue weighted by molar-refractivity contribution is 0.0130. The molecule has 2 rings (SSSR count). The summed E-state index contributed by atoms with van der Waals surface area (Å²) in [5, 5.41) is 13.2. The minimum Gasteiger partial charge on any atom is -0.504 e. The number of aromatic hydroxyl groups is 1. The van der Waals surface area contributed by atoms with Crippen molar-refractivity contribution in [2.45, 2.75) is 38.5 Å². The first kappa shape index (κ1) is 13.2. The van der Waals surface area contributed by atoms with Crippen molar-refractivity contribution in [2.75, 3.05) is 13.7 Å². The van der Waals surface area contributed by atoms with E-state index in [1.807, 2.05) is 6.07 Å². The van der Waals surface area contributed by atoms with Crippen molar-refractivity contribution in [3.05, 3.63) is 23.8 Å². The van der Waals surface area contributed by atoms with Gasteiger partial charge in [0.25, 0.3) is 0 Å². The third-order valence-electron chi connectivity index (χ3n) is 3.32. The van der Waals surface area contributed by atoms with Crippen LogP contribution in [0.4, 0.5) is 0 Å². The number of rotatable bonds is 4. The van der Waals surface area contributed by atoms with Gasteiger partial charge in [-0.3, -0.25) is 0 Å². The molecule has 18 heavy (non-hydrogen) atoms. The smallest absolute Gasteiger partial charge is 0.160 e. The molecule has 2 unspecified atom stereocenters. The van der Waals surface area contributed by atoms with Crippen LogP contribution < -0.4 is 10.1 Å². The molecule has 4 heteroatoms. The fourth-order valence-corrected chi connectivity index (χ4v) is 2.29. The maximum Gasteiger partial charge on any atom is 0.160 e.